The topological polar surface area (TPSA) is 85.2 Å². The highest BCUT2D eigenvalue weighted by atomic mass is 35.5. The highest BCUT2D eigenvalue weighted by Gasteiger charge is 2.29. The van der Waals surface area contributed by atoms with E-state index in [1.807, 2.05) is 59.3 Å². The lowest BCUT2D eigenvalue weighted by atomic mass is 10.0. The van der Waals surface area contributed by atoms with Gasteiger partial charge in [0.25, 0.3) is 5.91 Å². The van der Waals surface area contributed by atoms with Crippen molar-refractivity contribution in [3.63, 3.8) is 0 Å². The number of piperazine rings is 1. The predicted molar refractivity (Wildman–Crippen MR) is 159 cm³/mol. The van der Waals surface area contributed by atoms with Crippen LogP contribution in [0.25, 0.3) is 16.9 Å². The van der Waals surface area contributed by atoms with Gasteiger partial charge in [0.05, 0.1) is 23.5 Å². The van der Waals surface area contributed by atoms with E-state index in [2.05, 4.69) is 32.5 Å². The molecular formula is C30H30ClN7O2. The molecule has 0 bridgehead atoms. The summed E-state index contributed by atoms with van der Waals surface area (Å²) in [6.07, 6.45) is 5.55. The minimum atomic E-state index is -0.212. The molecule has 0 unspecified atom stereocenters. The van der Waals surface area contributed by atoms with E-state index in [9.17, 15) is 9.59 Å². The monoisotopic (exact) mass is 555 g/mol. The number of rotatable bonds is 6. The molecule has 1 saturated heterocycles. The van der Waals surface area contributed by atoms with Gasteiger partial charge in [0, 0.05) is 79.3 Å². The number of carbonyl (C=O) groups excluding carboxylic acids is 2. The van der Waals surface area contributed by atoms with Gasteiger partial charge in [0.1, 0.15) is 5.65 Å². The zero-order chi connectivity index (χ0) is 27.8. The summed E-state index contributed by atoms with van der Waals surface area (Å²) in [6, 6.07) is 16.9. The Morgan fingerprint density at radius 1 is 1.07 bits per heavy atom. The molecule has 4 aromatic rings. The first-order valence-electron chi connectivity index (χ1n) is 13.2. The number of halogens is 1. The van der Waals surface area contributed by atoms with E-state index in [4.69, 9.17) is 11.6 Å². The third-order valence-corrected chi connectivity index (χ3v) is 7.74. The Hall–Kier alpha value is -4.18. The van der Waals surface area contributed by atoms with Crippen LogP contribution in [0.2, 0.25) is 5.02 Å². The van der Waals surface area contributed by atoms with Crippen molar-refractivity contribution >= 4 is 57.4 Å². The van der Waals surface area contributed by atoms with Crippen LogP contribution in [0.1, 0.15) is 11.1 Å². The van der Waals surface area contributed by atoms with Gasteiger partial charge in [-0.2, -0.15) is 0 Å². The summed E-state index contributed by atoms with van der Waals surface area (Å²) in [5, 5.41) is 6.97. The van der Waals surface area contributed by atoms with Gasteiger partial charge in [-0.1, -0.05) is 17.7 Å². The number of fused-ring (bicyclic) bond motifs is 2. The van der Waals surface area contributed by atoms with Crippen LogP contribution in [0.4, 0.5) is 17.1 Å². The second-order valence-electron chi connectivity index (χ2n) is 10.2. The second-order valence-corrected chi connectivity index (χ2v) is 10.6. The van der Waals surface area contributed by atoms with E-state index in [1.54, 1.807) is 30.3 Å². The van der Waals surface area contributed by atoms with Gasteiger partial charge < -0.3 is 24.8 Å². The molecule has 0 spiro atoms. The normalized spacial score (nSPS) is 17.0. The highest BCUT2D eigenvalue weighted by molar-refractivity contribution is 6.38. The lowest BCUT2D eigenvalue weighted by molar-refractivity contribution is -0.119. The van der Waals surface area contributed by atoms with Crippen LogP contribution in [0.3, 0.4) is 0 Å². The fourth-order valence-electron chi connectivity index (χ4n) is 5.10. The molecule has 0 saturated carbocycles. The number of hydrogen-bond acceptors (Lipinski definition) is 6. The molecule has 0 radical (unpaired) electrons. The largest absolute Gasteiger partial charge is 0.354 e. The van der Waals surface area contributed by atoms with Crippen molar-refractivity contribution in [3.05, 3.63) is 89.3 Å². The molecule has 0 atom stereocenters. The average molecular weight is 556 g/mol. The average Bonchev–Trinajstić information content (AvgIpc) is 3.55. The zero-order valence-electron chi connectivity index (χ0n) is 22.4. The van der Waals surface area contributed by atoms with Crippen LogP contribution in [0, 0.1) is 0 Å². The number of nitrogens with one attached hydrogen (secondary N) is 2. The third kappa shape index (κ3) is 5.19. The predicted octanol–water partition coefficient (Wildman–Crippen LogP) is 4.13. The first-order valence-corrected chi connectivity index (χ1v) is 13.6. The van der Waals surface area contributed by atoms with Crippen molar-refractivity contribution in [2.75, 3.05) is 62.4 Å². The number of likely N-dealkylation sites (N-methyl/N-ethyl adjacent to an activating group) is 2. The van der Waals surface area contributed by atoms with Crippen LogP contribution < -0.4 is 15.5 Å². The summed E-state index contributed by atoms with van der Waals surface area (Å²) in [7, 11) is 3.91. The van der Waals surface area contributed by atoms with Gasteiger partial charge in [-0.05, 0) is 55.6 Å². The van der Waals surface area contributed by atoms with Crippen LogP contribution in [0.5, 0.6) is 0 Å². The summed E-state index contributed by atoms with van der Waals surface area (Å²) < 4.78 is 1.91. The number of nitrogens with zero attached hydrogens (tertiary/aromatic N) is 5. The molecule has 9 nitrogen and oxygen atoms in total. The number of benzene rings is 2. The van der Waals surface area contributed by atoms with E-state index in [-0.39, 0.29) is 11.8 Å². The van der Waals surface area contributed by atoms with Crippen molar-refractivity contribution in [3.8, 4) is 0 Å². The third-order valence-electron chi connectivity index (χ3n) is 7.51. The van der Waals surface area contributed by atoms with E-state index in [0.29, 0.717) is 28.5 Å². The molecular weight excluding hydrogens is 526 g/mol. The molecule has 2 aromatic heterocycles. The van der Waals surface area contributed by atoms with Crippen LogP contribution in [0.15, 0.2) is 73.2 Å². The maximum atomic E-state index is 13.2. The molecule has 40 heavy (non-hydrogen) atoms. The fraction of sp³-hybridized carbons (Fsp3) is 0.233. The SMILES string of the molecule is CN1CCN(CC(=O)N(C)c2ccc(N/C(=C3\C(=O)Nc4cc(Cl)ccc43)c3ccc4nccn4c3)cc2)CC1. The maximum Gasteiger partial charge on any atom is 0.258 e. The van der Waals surface area contributed by atoms with Gasteiger partial charge in [-0.15, -0.1) is 0 Å². The highest BCUT2D eigenvalue weighted by Crippen LogP contribution is 2.39. The first-order chi connectivity index (χ1) is 19.4. The number of carbonyl (C=O) groups is 2. The van der Waals surface area contributed by atoms with E-state index in [1.165, 1.54) is 0 Å². The Bertz CT molecular complexity index is 1620. The lowest BCUT2D eigenvalue weighted by Crippen LogP contribution is -2.48. The molecule has 6 rings (SSSR count). The molecule has 2 N–H and O–H groups in total. The zero-order valence-corrected chi connectivity index (χ0v) is 23.2. The molecule has 10 heteroatoms. The number of imidazole rings is 1. The van der Waals surface area contributed by atoms with Gasteiger partial charge in [-0.25, -0.2) is 4.98 Å². The van der Waals surface area contributed by atoms with Crippen molar-refractivity contribution in [2.45, 2.75) is 0 Å². The molecule has 2 aromatic carbocycles. The minimum Gasteiger partial charge on any atom is -0.354 e. The van der Waals surface area contributed by atoms with E-state index < -0.39 is 0 Å². The van der Waals surface area contributed by atoms with Crippen molar-refractivity contribution in [1.82, 2.24) is 19.2 Å². The number of amides is 2. The number of aromatic nitrogens is 2. The standard InChI is InChI=1S/C30H30ClN7O2/c1-35-13-15-37(16-14-35)19-27(39)36(2)23-7-5-22(6-8-23)33-29(20-3-10-26-32-11-12-38(26)18-20)28-24-9-4-21(31)17-25(24)34-30(28)40/h3-12,17-18,33H,13-16,19H2,1-2H3,(H,34,40)/b29-28-. The molecule has 2 amide bonds. The summed E-state index contributed by atoms with van der Waals surface area (Å²) >= 11 is 6.20. The van der Waals surface area contributed by atoms with Gasteiger partial charge in [0.15, 0.2) is 0 Å². The maximum absolute atomic E-state index is 13.2. The van der Waals surface area contributed by atoms with Gasteiger partial charge >= 0.3 is 0 Å². The van der Waals surface area contributed by atoms with Crippen LogP contribution in [-0.4, -0.2) is 77.8 Å². The first kappa shape index (κ1) is 26.1. The Morgan fingerprint density at radius 3 is 2.62 bits per heavy atom. The van der Waals surface area contributed by atoms with E-state index >= 15 is 0 Å². The van der Waals surface area contributed by atoms with Gasteiger partial charge in [-0.3, -0.25) is 14.5 Å². The molecule has 204 valence electrons. The van der Waals surface area contributed by atoms with Crippen LogP contribution in [-0.2, 0) is 9.59 Å². The lowest BCUT2D eigenvalue weighted by Gasteiger charge is -2.32. The molecule has 1 fully saturated rings. The Morgan fingerprint density at radius 2 is 1.85 bits per heavy atom. The van der Waals surface area contributed by atoms with Crippen LogP contribution >= 0.6 is 11.6 Å². The Balaban J connectivity index is 1.29. The number of anilines is 3. The number of hydrogen-bond donors (Lipinski definition) is 2. The summed E-state index contributed by atoms with van der Waals surface area (Å²) in [5.74, 6) is -0.157. The Labute approximate surface area is 237 Å². The molecule has 2 aliphatic heterocycles. The van der Waals surface area contributed by atoms with Gasteiger partial charge in [0.2, 0.25) is 5.91 Å². The quantitative estimate of drug-likeness (QED) is 0.348. The number of pyridine rings is 1. The molecule has 4 heterocycles. The smallest absolute Gasteiger partial charge is 0.258 e. The molecule has 2 aliphatic rings. The summed E-state index contributed by atoms with van der Waals surface area (Å²) in [4.78, 5) is 36.7. The summed E-state index contributed by atoms with van der Waals surface area (Å²) in [6.45, 7) is 4.13. The van der Waals surface area contributed by atoms with Crippen molar-refractivity contribution in [1.29, 1.82) is 0 Å². The Kier molecular flexibility index (Phi) is 7.02. The van der Waals surface area contributed by atoms with Crippen molar-refractivity contribution < 1.29 is 9.59 Å². The summed E-state index contributed by atoms with van der Waals surface area (Å²) in [5.41, 5.74) is 5.84. The molecule has 0 aliphatic carbocycles. The fourth-order valence-corrected chi connectivity index (χ4v) is 5.27. The minimum absolute atomic E-state index is 0.0552. The second kappa shape index (κ2) is 10.8. The van der Waals surface area contributed by atoms with Crippen molar-refractivity contribution in [2.24, 2.45) is 0 Å². The van der Waals surface area contributed by atoms with E-state index in [0.717, 1.165) is 54.3 Å².